The van der Waals surface area contributed by atoms with Gasteiger partial charge in [-0.05, 0) is 19.8 Å². The molecule has 0 amide bonds. The van der Waals surface area contributed by atoms with E-state index in [1.807, 2.05) is 10.7 Å². The molecule has 0 spiro atoms. The Hall–Kier alpha value is -1.33. The third-order valence-corrected chi connectivity index (χ3v) is 4.22. The van der Waals surface area contributed by atoms with Crippen molar-refractivity contribution in [3.63, 3.8) is 0 Å². The highest BCUT2D eigenvalue weighted by Gasteiger charge is 2.25. The van der Waals surface area contributed by atoms with Gasteiger partial charge >= 0.3 is 0 Å². The maximum atomic E-state index is 9.73. The summed E-state index contributed by atoms with van der Waals surface area (Å²) in [4.78, 5) is 6.31. The van der Waals surface area contributed by atoms with Gasteiger partial charge in [0.2, 0.25) is 0 Å². The number of aromatic nitrogens is 3. The number of hydrogen-bond donors (Lipinski definition) is 1. The van der Waals surface area contributed by atoms with Crippen LogP contribution in [0.15, 0.2) is 12.3 Å². The van der Waals surface area contributed by atoms with Crippen LogP contribution in [0.4, 0.5) is 5.82 Å². The second-order valence-corrected chi connectivity index (χ2v) is 5.83. The average molecular weight is 295 g/mol. The van der Waals surface area contributed by atoms with E-state index >= 15 is 0 Å². The Morgan fingerprint density at radius 3 is 3.00 bits per heavy atom. The number of hydrogen-bond acceptors (Lipinski definition) is 4. The second kappa shape index (κ2) is 5.22. The number of anilines is 1. The molecular formula is C14H19ClN4O. The molecule has 108 valence electrons. The van der Waals surface area contributed by atoms with Crippen molar-refractivity contribution in [2.45, 2.75) is 38.8 Å². The zero-order chi connectivity index (χ0) is 14.3. The standard InChI is InChI=1S/C14H19ClN4O/c1-3-9(2)19-12-6-13(15)16-7-11(12)14(17-19)18-5-4-10(20)8-18/h6-7,9-10,20H,3-5,8H2,1-2H3/t9-,10-/m0/s1. The van der Waals surface area contributed by atoms with E-state index in [2.05, 4.69) is 23.7 Å². The topological polar surface area (TPSA) is 54.2 Å². The summed E-state index contributed by atoms with van der Waals surface area (Å²) >= 11 is 6.02. The zero-order valence-corrected chi connectivity index (χ0v) is 12.5. The molecule has 0 aliphatic carbocycles. The maximum Gasteiger partial charge on any atom is 0.160 e. The van der Waals surface area contributed by atoms with Gasteiger partial charge in [0.25, 0.3) is 0 Å². The first kappa shape index (κ1) is 13.6. The van der Waals surface area contributed by atoms with E-state index in [-0.39, 0.29) is 6.10 Å². The molecule has 1 fully saturated rings. The molecule has 0 radical (unpaired) electrons. The van der Waals surface area contributed by atoms with Crippen molar-refractivity contribution in [3.8, 4) is 0 Å². The second-order valence-electron chi connectivity index (χ2n) is 5.44. The van der Waals surface area contributed by atoms with Gasteiger partial charge in [-0.3, -0.25) is 4.68 Å². The average Bonchev–Trinajstić information content (AvgIpc) is 3.01. The highest BCUT2D eigenvalue weighted by Crippen LogP contribution is 2.31. The van der Waals surface area contributed by atoms with Crippen LogP contribution in [0.5, 0.6) is 0 Å². The Morgan fingerprint density at radius 2 is 2.35 bits per heavy atom. The minimum absolute atomic E-state index is 0.265. The van der Waals surface area contributed by atoms with E-state index < -0.39 is 0 Å². The van der Waals surface area contributed by atoms with Crippen LogP contribution >= 0.6 is 11.6 Å². The number of halogens is 1. The van der Waals surface area contributed by atoms with E-state index in [1.54, 1.807) is 6.20 Å². The quantitative estimate of drug-likeness (QED) is 0.884. The van der Waals surface area contributed by atoms with Crippen LogP contribution in [0, 0.1) is 0 Å². The predicted molar refractivity (Wildman–Crippen MR) is 80.4 cm³/mol. The van der Waals surface area contributed by atoms with Crippen molar-refractivity contribution in [1.29, 1.82) is 0 Å². The molecule has 2 atom stereocenters. The fourth-order valence-corrected chi connectivity index (χ4v) is 2.82. The molecule has 2 aromatic heterocycles. The Kier molecular flexibility index (Phi) is 3.56. The minimum atomic E-state index is -0.265. The summed E-state index contributed by atoms with van der Waals surface area (Å²) in [5, 5.41) is 16.0. The monoisotopic (exact) mass is 294 g/mol. The van der Waals surface area contributed by atoms with Crippen molar-refractivity contribution < 1.29 is 5.11 Å². The molecule has 20 heavy (non-hydrogen) atoms. The third-order valence-electron chi connectivity index (χ3n) is 4.01. The molecule has 0 aromatic carbocycles. The van der Waals surface area contributed by atoms with E-state index in [4.69, 9.17) is 16.7 Å². The molecule has 1 aliphatic heterocycles. The van der Waals surface area contributed by atoms with E-state index in [0.717, 1.165) is 36.1 Å². The largest absolute Gasteiger partial charge is 0.391 e. The van der Waals surface area contributed by atoms with Crippen LogP contribution in [0.1, 0.15) is 32.7 Å². The van der Waals surface area contributed by atoms with Gasteiger partial charge < -0.3 is 10.0 Å². The van der Waals surface area contributed by atoms with Crippen LogP contribution in [-0.4, -0.2) is 39.1 Å². The predicted octanol–water partition coefficient (Wildman–Crippen LogP) is 2.63. The molecule has 6 heteroatoms. The lowest BCUT2D eigenvalue weighted by molar-refractivity contribution is 0.198. The molecular weight excluding hydrogens is 276 g/mol. The van der Waals surface area contributed by atoms with Gasteiger partial charge in [0.15, 0.2) is 5.82 Å². The number of nitrogens with zero attached hydrogens (tertiary/aromatic N) is 4. The summed E-state index contributed by atoms with van der Waals surface area (Å²) in [6.07, 6.45) is 3.31. The zero-order valence-electron chi connectivity index (χ0n) is 11.8. The van der Waals surface area contributed by atoms with Crippen LogP contribution in [0.25, 0.3) is 10.9 Å². The summed E-state index contributed by atoms with van der Waals surface area (Å²) in [6.45, 7) is 5.75. The van der Waals surface area contributed by atoms with Crippen molar-refractivity contribution in [1.82, 2.24) is 14.8 Å². The molecule has 3 heterocycles. The SMILES string of the molecule is CC[C@H](C)n1nc(N2CC[C@H](O)C2)c2cnc(Cl)cc21. The fourth-order valence-electron chi connectivity index (χ4n) is 2.67. The van der Waals surface area contributed by atoms with Crippen LogP contribution < -0.4 is 4.90 Å². The number of rotatable bonds is 3. The van der Waals surface area contributed by atoms with Gasteiger partial charge in [-0.1, -0.05) is 18.5 Å². The molecule has 2 aromatic rings. The Morgan fingerprint density at radius 1 is 1.55 bits per heavy atom. The summed E-state index contributed by atoms with van der Waals surface area (Å²) in [5.74, 6) is 0.904. The highest BCUT2D eigenvalue weighted by atomic mass is 35.5. The van der Waals surface area contributed by atoms with E-state index in [0.29, 0.717) is 17.7 Å². The smallest absolute Gasteiger partial charge is 0.160 e. The normalized spacial score (nSPS) is 20.8. The molecule has 1 aliphatic rings. The van der Waals surface area contributed by atoms with E-state index in [1.165, 1.54) is 0 Å². The molecule has 1 saturated heterocycles. The van der Waals surface area contributed by atoms with Gasteiger partial charge in [0.05, 0.1) is 17.0 Å². The highest BCUT2D eigenvalue weighted by molar-refractivity contribution is 6.30. The lowest BCUT2D eigenvalue weighted by atomic mass is 10.2. The van der Waals surface area contributed by atoms with Gasteiger partial charge in [-0.2, -0.15) is 5.10 Å². The number of β-amino-alcohol motifs (C(OH)–C–C–N with tert-alkyl or cyclic N) is 1. The van der Waals surface area contributed by atoms with Gasteiger partial charge in [0.1, 0.15) is 5.15 Å². The number of fused-ring (bicyclic) bond motifs is 1. The molecule has 0 unspecified atom stereocenters. The Balaban J connectivity index is 2.12. The number of pyridine rings is 1. The van der Waals surface area contributed by atoms with Crippen molar-refractivity contribution in [3.05, 3.63) is 17.4 Å². The van der Waals surface area contributed by atoms with Crippen molar-refractivity contribution >= 4 is 28.3 Å². The Labute approximate surface area is 123 Å². The van der Waals surface area contributed by atoms with Gasteiger partial charge in [-0.15, -0.1) is 0 Å². The molecule has 0 saturated carbocycles. The van der Waals surface area contributed by atoms with Crippen LogP contribution in [0.3, 0.4) is 0 Å². The fraction of sp³-hybridized carbons (Fsp3) is 0.571. The Bertz CT molecular complexity index is 627. The molecule has 0 bridgehead atoms. The first-order valence-corrected chi connectivity index (χ1v) is 7.44. The van der Waals surface area contributed by atoms with Gasteiger partial charge in [0, 0.05) is 31.4 Å². The summed E-state index contributed by atoms with van der Waals surface area (Å²) < 4.78 is 2.02. The molecule has 1 N–H and O–H groups in total. The molecule has 5 nitrogen and oxygen atoms in total. The lowest BCUT2D eigenvalue weighted by Crippen LogP contribution is -2.22. The van der Waals surface area contributed by atoms with E-state index in [9.17, 15) is 5.11 Å². The van der Waals surface area contributed by atoms with Gasteiger partial charge in [-0.25, -0.2) is 4.98 Å². The molecule has 3 rings (SSSR count). The van der Waals surface area contributed by atoms with Crippen molar-refractivity contribution in [2.24, 2.45) is 0 Å². The lowest BCUT2D eigenvalue weighted by Gasteiger charge is -2.15. The summed E-state index contributed by atoms with van der Waals surface area (Å²) in [7, 11) is 0. The number of aliphatic hydroxyl groups excluding tert-OH is 1. The van der Waals surface area contributed by atoms with Crippen molar-refractivity contribution in [2.75, 3.05) is 18.0 Å². The third kappa shape index (κ3) is 2.25. The minimum Gasteiger partial charge on any atom is -0.391 e. The summed E-state index contributed by atoms with van der Waals surface area (Å²) in [6, 6.07) is 2.17. The summed E-state index contributed by atoms with van der Waals surface area (Å²) in [5.41, 5.74) is 1.01. The maximum absolute atomic E-state index is 9.73. The van der Waals surface area contributed by atoms with Crippen LogP contribution in [0.2, 0.25) is 5.15 Å². The first-order valence-electron chi connectivity index (χ1n) is 7.07. The first-order chi connectivity index (χ1) is 9.60. The van der Waals surface area contributed by atoms with Crippen LogP contribution in [-0.2, 0) is 0 Å². The number of aliphatic hydroxyl groups is 1.